The lowest BCUT2D eigenvalue weighted by atomic mass is 10.1. The highest BCUT2D eigenvalue weighted by Gasteiger charge is 2.39. The number of methoxy groups -OCH3 is 1. The fourth-order valence-corrected chi connectivity index (χ4v) is 3.11. The molecule has 110 valence electrons. The molecule has 2 rings (SSSR count). The zero-order valence-corrected chi connectivity index (χ0v) is 12.6. The molecule has 0 spiro atoms. The monoisotopic (exact) mass is 296 g/mol. The van der Waals surface area contributed by atoms with E-state index < -0.39 is 0 Å². The lowest BCUT2D eigenvalue weighted by Crippen LogP contribution is -2.33. The lowest BCUT2D eigenvalue weighted by Gasteiger charge is -2.23. The van der Waals surface area contributed by atoms with Gasteiger partial charge >= 0.3 is 5.97 Å². The molecule has 0 bridgehead atoms. The van der Waals surface area contributed by atoms with Gasteiger partial charge in [-0.25, -0.2) is 0 Å². The molecule has 1 saturated heterocycles. The second-order valence-electron chi connectivity index (χ2n) is 4.82. The van der Waals surface area contributed by atoms with E-state index in [0.29, 0.717) is 6.54 Å². The van der Waals surface area contributed by atoms with Gasteiger partial charge in [0.05, 0.1) is 19.6 Å². The van der Waals surface area contributed by atoms with Crippen LogP contribution in [0.5, 0.6) is 0 Å². The lowest BCUT2D eigenvalue weighted by molar-refractivity contribution is -0.141. The number of nitrogens with one attached hydrogen (secondary N) is 1. The topological polar surface area (TPSA) is 58.6 Å². The van der Waals surface area contributed by atoms with Gasteiger partial charge in [0, 0.05) is 6.54 Å². The number of amides is 1. The Morgan fingerprint density at radius 2 is 2.35 bits per heavy atom. The largest absolute Gasteiger partial charge is 0.469 e. The Morgan fingerprint density at radius 3 is 2.95 bits per heavy atom. The number of carbonyl (C=O) groups is 2. The smallest absolute Gasteiger partial charge is 0.307 e. The summed E-state index contributed by atoms with van der Waals surface area (Å²) in [6.07, 6.45) is 1.86. The van der Waals surface area contributed by atoms with Crippen molar-refractivity contribution in [2.24, 2.45) is 0 Å². The zero-order chi connectivity index (χ0) is 14.5. The third kappa shape index (κ3) is 3.19. The normalized spacial score (nSPS) is 22.3. The number of ether oxygens (including phenoxy) is 1. The summed E-state index contributed by atoms with van der Waals surface area (Å²) in [7, 11) is 1.36. The van der Waals surface area contributed by atoms with Crippen molar-refractivity contribution in [3.63, 3.8) is 0 Å². The molecule has 0 aliphatic carbocycles. The first kappa shape index (κ1) is 15.0. The van der Waals surface area contributed by atoms with Gasteiger partial charge in [-0.2, -0.15) is 11.3 Å². The van der Waals surface area contributed by atoms with Crippen molar-refractivity contribution in [3.8, 4) is 0 Å². The Morgan fingerprint density at radius 1 is 1.55 bits per heavy atom. The predicted octanol–water partition coefficient (Wildman–Crippen LogP) is 1.91. The average molecular weight is 296 g/mol. The highest BCUT2D eigenvalue weighted by atomic mass is 32.1. The Bertz CT molecular complexity index is 461. The van der Waals surface area contributed by atoms with E-state index in [0.717, 1.165) is 18.4 Å². The number of thiophene rings is 1. The summed E-state index contributed by atoms with van der Waals surface area (Å²) in [5, 5.41) is 7.39. The van der Waals surface area contributed by atoms with Crippen molar-refractivity contribution < 1.29 is 14.3 Å². The van der Waals surface area contributed by atoms with Gasteiger partial charge < -0.3 is 9.64 Å². The van der Waals surface area contributed by atoms with E-state index in [4.69, 9.17) is 0 Å². The number of carbonyl (C=O) groups excluding carboxylic acids is 2. The van der Waals surface area contributed by atoms with Crippen molar-refractivity contribution in [2.45, 2.75) is 38.4 Å². The summed E-state index contributed by atoms with van der Waals surface area (Å²) in [4.78, 5) is 25.5. The van der Waals surface area contributed by atoms with E-state index in [9.17, 15) is 9.59 Å². The highest BCUT2D eigenvalue weighted by molar-refractivity contribution is 7.07. The first-order valence-electron chi connectivity index (χ1n) is 6.82. The van der Waals surface area contributed by atoms with Gasteiger partial charge in [0.2, 0.25) is 5.91 Å². The summed E-state index contributed by atoms with van der Waals surface area (Å²) >= 11 is 1.60. The van der Waals surface area contributed by atoms with Crippen molar-refractivity contribution in [1.82, 2.24) is 10.2 Å². The summed E-state index contributed by atoms with van der Waals surface area (Å²) in [5.41, 5.74) is 1.08. The zero-order valence-electron chi connectivity index (χ0n) is 11.8. The van der Waals surface area contributed by atoms with Crippen LogP contribution in [-0.2, 0) is 14.3 Å². The molecular formula is C14H20N2O3S. The minimum absolute atomic E-state index is 0.0759. The Balaban J connectivity index is 2.10. The minimum Gasteiger partial charge on any atom is -0.469 e. The molecule has 0 aromatic carbocycles. The van der Waals surface area contributed by atoms with E-state index in [1.165, 1.54) is 7.11 Å². The molecule has 1 aromatic heterocycles. The van der Waals surface area contributed by atoms with Crippen LogP contribution in [0, 0.1) is 0 Å². The van der Waals surface area contributed by atoms with Crippen molar-refractivity contribution >= 4 is 23.2 Å². The van der Waals surface area contributed by atoms with Gasteiger partial charge in [-0.3, -0.25) is 14.9 Å². The third-order valence-corrected chi connectivity index (χ3v) is 4.17. The average Bonchev–Trinajstić information content (AvgIpc) is 3.06. The first-order valence-corrected chi connectivity index (χ1v) is 7.77. The molecule has 1 fully saturated rings. The molecule has 20 heavy (non-hydrogen) atoms. The predicted molar refractivity (Wildman–Crippen MR) is 77.2 cm³/mol. The molecule has 1 aromatic rings. The van der Waals surface area contributed by atoms with Gasteiger partial charge in [0.1, 0.15) is 6.17 Å². The van der Waals surface area contributed by atoms with Crippen LogP contribution in [0.4, 0.5) is 0 Å². The molecule has 1 amide bonds. The van der Waals surface area contributed by atoms with Gasteiger partial charge in [-0.1, -0.05) is 13.3 Å². The Labute approximate surface area is 122 Å². The molecule has 0 radical (unpaired) electrons. The fraction of sp³-hybridized carbons (Fsp3) is 0.571. The Kier molecular flexibility index (Phi) is 5.14. The van der Waals surface area contributed by atoms with Crippen LogP contribution in [0.25, 0.3) is 0 Å². The van der Waals surface area contributed by atoms with Crippen molar-refractivity contribution in [3.05, 3.63) is 22.4 Å². The van der Waals surface area contributed by atoms with Crippen molar-refractivity contribution in [2.75, 3.05) is 13.7 Å². The van der Waals surface area contributed by atoms with Crippen LogP contribution >= 0.6 is 11.3 Å². The van der Waals surface area contributed by atoms with Crippen molar-refractivity contribution in [1.29, 1.82) is 0 Å². The molecule has 0 saturated carbocycles. The molecule has 1 N–H and O–H groups in total. The fourth-order valence-electron chi connectivity index (χ4n) is 2.43. The molecule has 2 atom stereocenters. The van der Waals surface area contributed by atoms with Crippen LogP contribution < -0.4 is 5.32 Å². The molecular weight excluding hydrogens is 276 g/mol. The van der Waals surface area contributed by atoms with Crippen LogP contribution in [0.1, 0.15) is 37.9 Å². The van der Waals surface area contributed by atoms with Gasteiger partial charge in [-0.15, -0.1) is 0 Å². The summed E-state index contributed by atoms with van der Waals surface area (Å²) in [5.74, 6) is -0.215. The number of nitrogens with zero attached hydrogens (tertiary/aromatic N) is 1. The SMILES string of the molecule is CCCC1NC(c2ccsc2)N(CCC(=O)OC)C1=O. The maximum Gasteiger partial charge on any atom is 0.307 e. The minimum atomic E-state index is -0.291. The van der Waals surface area contributed by atoms with Gasteiger partial charge in [-0.05, 0) is 28.8 Å². The van der Waals surface area contributed by atoms with Crippen LogP contribution in [0.15, 0.2) is 16.8 Å². The quantitative estimate of drug-likeness (QED) is 0.815. The van der Waals surface area contributed by atoms with Gasteiger partial charge in [0.25, 0.3) is 0 Å². The van der Waals surface area contributed by atoms with E-state index >= 15 is 0 Å². The molecule has 6 heteroatoms. The molecule has 5 nitrogen and oxygen atoms in total. The molecule has 1 aliphatic rings. The van der Waals surface area contributed by atoms with E-state index in [-0.39, 0.29) is 30.5 Å². The van der Waals surface area contributed by atoms with E-state index in [2.05, 4.69) is 17.0 Å². The maximum absolute atomic E-state index is 12.4. The van der Waals surface area contributed by atoms with Crippen LogP contribution in [0.3, 0.4) is 0 Å². The summed E-state index contributed by atoms with van der Waals surface area (Å²) in [6, 6.07) is 1.86. The second kappa shape index (κ2) is 6.85. The maximum atomic E-state index is 12.4. The van der Waals surface area contributed by atoms with Crippen LogP contribution in [-0.4, -0.2) is 36.5 Å². The molecule has 2 unspecified atom stereocenters. The number of hydrogen-bond acceptors (Lipinski definition) is 5. The van der Waals surface area contributed by atoms with E-state index in [1.807, 2.05) is 16.8 Å². The highest BCUT2D eigenvalue weighted by Crippen LogP contribution is 2.28. The van der Waals surface area contributed by atoms with Crippen LogP contribution in [0.2, 0.25) is 0 Å². The first-order chi connectivity index (χ1) is 9.67. The third-order valence-electron chi connectivity index (χ3n) is 3.47. The molecule has 1 aliphatic heterocycles. The summed E-state index contributed by atoms with van der Waals surface area (Å²) < 4.78 is 4.65. The van der Waals surface area contributed by atoms with E-state index in [1.54, 1.807) is 16.2 Å². The van der Waals surface area contributed by atoms with Gasteiger partial charge in [0.15, 0.2) is 0 Å². The molecule has 2 heterocycles. The number of rotatable bonds is 6. The summed E-state index contributed by atoms with van der Waals surface area (Å²) in [6.45, 7) is 2.45. The number of hydrogen-bond donors (Lipinski definition) is 1. The standard InChI is InChI=1S/C14H20N2O3S/c1-3-4-11-14(18)16(7-5-12(17)19-2)13(15-11)10-6-8-20-9-10/h6,8-9,11,13,15H,3-5,7H2,1-2H3. The second-order valence-corrected chi connectivity index (χ2v) is 5.60. The number of esters is 1. The Hall–Kier alpha value is -1.40.